The molecule has 158 valence electrons. The van der Waals surface area contributed by atoms with E-state index in [4.69, 9.17) is 4.74 Å². The van der Waals surface area contributed by atoms with Gasteiger partial charge in [-0.25, -0.2) is 0 Å². The van der Waals surface area contributed by atoms with Crippen LogP contribution in [0.25, 0.3) is 0 Å². The Labute approximate surface area is 172 Å². The number of ketones is 2. The van der Waals surface area contributed by atoms with Gasteiger partial charge in [0, 0.05) is 23.3 Å². The van der Waals surface area contributed by atoms with Gasteiger partial charge in [0.05, 0.1) is 0 Å². The van der Waals surface area contributed by atoms with Gasteiger partial charge in [0.25, 0.3) is 0 Å². The van der Waals surface area contributed by atoms with Gasteiger partial charge in [0.15, 0.2) is 17.2 Å². The number of hydrogen-bond donors (Lipinski definition) is 1. The van der Waals surface area contributed by atoms with Gasteiger partial charge in [-0.15, -0.1) is 0 Å². The summed E-state index contributed by atoms with van der Waals surface area (Å²) in [6.45, 7) is 7.53. The molecule has 0 aliphatic heterocycles. The first kappa shape index (κ1) is 20.4. The molecule has 0 heterocycles. The molecule has 4 aliphatic carbocycles. The number of aliphatic hydroxyl groups is 1. The number of carbonyl (C=O) groups excluding carboxylic acids is 3. The van der Waals surface area contributed by atoms with Crippen LogP contribution in [-0.2, 0) is 19.1 Å². The molecule has 1 N–H and O–H groups in total. The number of esters is 1. The van der Waals surface area contributed by atoms with Gasteiger partial charge in [0.2, 0.25) is 0 Å². The number of hydrogen-bond acceptors (Lipinski definition) is 5. The Morgan fingerprint density at radius 1 is 1.14 bits per heavy atom. The van der Waals surface area contributed by atoms with Crippen molar-refractivity contribution in [2.75, 3.05) is 0 Å². The fourth-order valence-electron chi connectivity index (χ4n) is 7.38. The Balaban J connectivity index is 1.72. The van der Waals surface area contributed by atoms with Crippen molar-refractivity contribution in [1.29, 1.82) is 0 Å². The molecular formula is C24H32O5. The molecule has 3 saturated carbocycles. The molecular weight excluding hydrogens is 368 g/mol. The van der Waals surface area contributed by atoms with E-state index in [0.717, 1.165) is 37.7 Å². The van der Waals surface area contributed by atoms with Crippen LogP contribution in [0.2, 0.25) is 0 Å². The highest BCUT2D eigenvalue weighted by Gasteiger charge is 2.68. The molecule has 0 unspecified atom stereocenters. The molecule has 4 rings (SSSR count). The van der Waals surface area contributed by atoms with E-state index in [1.807, 2.05) is 0 Å². The van der Waals surface area contributed by atoms with E-state index in [1.165, 1.54) is 6.08 Å². The summed E-state index contributed by atoms with van der Waals surface area (Å²) in [7, 11) is 0. The summed E-state index contributed by atoms with van der Waals surface area (Å²) in [5, 5.41) is 10.8. The fraction of sp³-hybridized carbons (Fsp3) is 0.708. The van der Waals surface area contributed by atoms with E-state index < -0.39 is 11.0 Å². The summed E-state index contributed by atoms with van der Waals surface area (Å²) in [6.07, 6.45) is 8.14. The highest BCUT2D eigenvalue weighted by Crippen LogP contribution is 2.68. The van der Waals surface area contributed by atoms with Crippen LogP contribution in [-0.4, -0.2) is 28.2 Å². The highest BCUT2D eigenvalue weighted by molar-refractivity contribution is 6.01. The summed E-state index contributed by atoms with van der Waals surface area (Å²) in [4.78, 5) is 37.0. The molecule has 0 aromatic carbocycles. The number of aliphatic hydroxyl groups excluding tert-OH is 1. The minimum Gasteiger partial charge on any atom is -0.511 e. The van der Waals surface area contributed by atoms with Crippen molar-refractivity contribution < 1.29 is 24.2 Å². The molecule has 0 aromatic rings. The lowest BCUT2D eigenvalue weighted by atomic mass is 9.46. The van der Waals surface area contributed by atoms with Crippen molar-refractivity contribution in [1.82, 2.24) is 0 Å². The van der Waals surface area contributed by atoms with Crippen LogP contribution in [0.1, 0.15) is 72.6 Å². The quantitative estimate of drug-likeness (QED) is 0.708. The standard InChI is InChI=1S/C24H32O5/c1-5-21(28)29-24(14(2)25)11-9-18-17-7-6-15-12-16(26)13-20(27)23(15,4)19(17)8-10-22(18,24)3/h12-13,17-19,27H,5-11H2,1-4H3/t17-,18-,19-,22-,23-,24-/m0/s1. The maximum atomic E-state index is 12.8. The Morgan fingerprint density at radius 3 is 2.48 bits per heavy atom. The third kappa shape index (κ3) is 2.55. The average molecular weight is 401 g/mol. The lowest BCUT2D eigenvalue weighted by Gasteiger charge is -2.58. The SMILES string of the molecule is CCC(=O)O[C@]1(C(C)=O)CC[C@H]2[C@@H]3CCC4=CC(=O)C=C(O)[C@]4(C)[C@H]3CC[C@@]21C. The van der Waals surface area contributed by atoms with E-state index in [-0.39, 0.29) is 47.0 Å². The number of fused-ring (bicyclic) bond motifs is 5. The maximum absolute atomic E-state index is 12.8. The monoisotopic (exact) mass is 400 g/mol. The first-order valence-corrected chi connectivity index (χ1v) is 11.0. The van der Waals surface area contributed by atoms with Crippen molar-refractivity contribution in [2.24, 2.45) is 28.6 Å². The summed E-state index contributed by atoms with van der Waals surface area (Å²) in [6, 6.07) is 0. The van der Waals surface area contributed by atoms with Crippen molar-refractivity contribution in [3.63, 3.8) is 0 Å². The van der Waals surface area contributed by atoms with Gasteiger partial charge in [-0.2, -0.15) is 0 Å². The molecule has 0 aromatic heterocycles. The normalized spacial score (nSPS) is 43.4. The Hall–Kier alpha value is -1.91. The van der Waals surface area contributed by atoms with E-state index >= 15 is 0 Å². The molecule has 0 spiro atoms. The number of ether oxygens (including phenoxy) is 1. The van der Waals surface area contributed by atoms with Gasteiger partial charge in [-0.1, -0.05) is 19.4 Å². The van der Waals surface area contributed by atoms with Gasteiger partial charge in [0.1, 0.15) is 5.76 Å². The van der Waals surface area contributed by atoms with Gasteiger partial charge < -0.3 is 9.84 Å². The summed E-state index contributed by atoms with van der Waals surface area (Å²) >= 11 is 0. The second-order valence-electron chi connectivity index (χ2n) is 9.93. The Morgan fingerprint density at radius 2 is 1.83 bits per heavy atom. The van der Waals surface area contributed by atoms with Crippen LogP contribution in [0.5, 0.6) is 0 Å². The summed E-state index contributed by atoms with van der Waals surface area (Å²) in [5.74, 6) is 0.533. The maximum Gasteiger partial charge on any atom is 0.306 e. The molecule has 0 radical (unpaired) electrons. The van der Waals surface area contributed by atoms with Crippen molar-refractivity contribution in [2.45, 2.75) is 78.2 Å². The van der Waals surface area contributed by atoms with Crippen molar-refractivity contribution >= 4 is 17.5 Å². The van der Waals surface area contributed by atoms with Crippen LogP contribution in [0.3, 0.4) is 0 Å². The minimum absolute atomic E-state index is 0.0450. The molecule has 0 amide bonds. The molecule has 0 bridgehead atoms. The zero-order valence-corrected chi connectivity index (χ0v) is 17.9. The lowest BCUT2D eigenvalue weighted by Crippen LogP contribution is -2.58. The van der Waals surface area contributed by atoms with Crippen LogP contribution in [0.15, 0.2) is 23.5 Å². The molecule has 29 heavy (non-hydrogen) atoms. The van der Waals surface area contributed by atoms with E-state index in [2.05, 4.69) is 13.8 Å². The van der Waals surface area contributed by atoms with Gasteiger partial charge in [-0.05, 0) is 76.2 Å². The third-order valence-corrected chi connectivity index (χ3v) is 8.99. The van der Waals surface area contributed by atoms with Gasteiger partial charge in [-0.3, -0.25) is 14.4 Å². The van der Waals surface area contributed by atoms with E-state index in [0.29, 0.717) is 12.3 Å². The lowest BCUT2D eigenvalue weighted by molar-refractivity contribution is -0.188. The number of rotatable bonds is 3. The predicted molar refractivity (Wildman–Crippen MR) is 108 cm³/mol. The van der Waals surface area contributed by atoms with Crippen LogP contribution < -0.4 is 0 Å². The molecule has 3 fully saturated rings. The molecule has 4 aliphatic rings. The fourth-order valence-corrected chi connectivity index (χ4v) is 7.38. The molecule has 5 heteroatoms. The van der Waals surface area contributed by atoms with Gasteiger partial charge >= 0.3 is 5.97 Å². The topological polar surface area (TPSA) is 80.7 Å². The smallest absolute Gasteiger partial charge is 0.306 e. The molecule has 6 atom stereocenters. The van der Waals surface area contributed by atoms with Crippen LogP contribution in [0, 0.1) is 28.6 Å². The van der Waals surface area contributed by atoms with Crippen molar-refractivity contribution in [3.8, 4) is 0 Å². The zero-order chi connectivity index (χ0) is 21.2. The second-order valence-corrected chi connectivity index (χ2v) is 9.93. The second kappa shape index (κ2) is 6.55. The highest BCUT2D eigenvalue weighted by atomic mass is 16.6. The van der Waals surface area contributed by atoms with Crippen LogP contribution >= 0.6 is 0 Å². The van der Waals surface area contributed by atoms with Crippen LogP contribution in [0.4, 0.5) is 0 Å². The third-order valence-electron chi connectivity index (χ3n) is 8.99. The van der Waals surface area contributed by atoms with Crippen molar-refractivity contribution in [3.05, 3.63) is 23.5 Å². The number of Topliss-reactive ketones (excluding diaryl/α,β-unsaturated/α-hetero) is 1. The molecule has 0 saturated heterocycles. The Bertz CT molecular complexity index is 838. The minimum atomic E-state index is -1.03. The first-order chi connectivity index (χ1) is 13.6. The van der Waals surface area contributed by atoms with E-state index in [1.54, 1.807) is 19.9 Å². The molecule has 5 nitrogen and oxygen atoms in total. The predicted octanol–water partition coefficient (Wildman–Crippen LogP) is 4.46. The average Bonchev–Trinajstić information content (AvgIpc) is 2.96. The van der Waals surface area contributed by atoms with E-state index in [9.17, 15) is 19.5 Å². The number of allylic oxidation sites excluding steroid dienone is 3. The summed E-state index contributed by atoms with van der Waals surface area (Å²) in [5.41, 5.74) is -0.875. The summed E-state index contributed by atoms with van der Waals surface area (Å²) < 4.78 is 5.92. The Kier molecular flexibility index (Phi) is 4.60. The largest absolute Gasteiger partial charge is 0.511 e. The number of carbonyl (C=O) groups is 3. The first-order valence-electron chi connectivity index (χ1n) is 11.0. The zero-order valence-electron chi connectivity index (χ0n) is 17.9.